The molecule has 0 aliphatic carbocycles. The summed E-state index contributed by atoms with van der Waals surface area (Å²) in [4.78, 5) is 13.7. The van der Waals surface area contributed by atoms with E-state index in [1.54, 1.807) is 17.9 Å². The predicted octanol–water partition coefficient (Wildman–Crippen LogP) is 2.45. The van der Waals surface area contributed by atoms with Crippen LogP contribution in [0.5, 0.6) is 0 Å². The Morgan fingerprint density at radius 1 is 1.58 bits per heavy atom. The lowest BCUT2D eigenvalue weighted by molar-refractivity contribution is -0.115. The number of hydrogen-bond donors (Lipinski definition) is 1. The molecule has 3 rings (SSSR count). The molecule has 1 fully saturated rings. The van der Waals surface area contributed by atoms with E-state index in [-0.39, 0.29) is 11.3 Å². The van der Waals surface area contributed by atoms with Gasteiger partial charge < -0.3 is 4.52 Å². The molecule has 1 atom stereocenters. The van der Waals surface area contributed by atoms with Crippen molar-refractivity contribution in [1.82, 2.24) is 15.4 Å². The molecule has 3 heterocycles. The highest BCUT2D eigenvalue weighted by Gasteiger charge is 2.38. The molecular formula is C11H11ClN4O2S. The summed E-state index contributed by atoms with van der Waals surface area (Å²) in [5.41, 5.74) is 1.67. The van der Waals surface area contributed by atoms with Crippen LogP contribution in [0.25, 0.3) is 0 Å². The van der Waals surface area contributed by atoms with Crippen LogP contribution < -0.4 is 4.90 Å². The second-order valence-corrected chi connectivity index (χ2v) is 5.70. The van der Waals surface area contributed by atoms with Crippen LogP contribution in [-0.4, -0.2) is 27.0 Å². The van der Waals surface area contributed by atoms with Gasteiger partial charge in [0, 0.05) is 17.3 Å². The summed E-state index contributed by atoms with van der Waals surface area (Å²) in [5.74, 6) is 1.54. The Balaban J connectivity index is 2.04. The summed E-state index contributed by atoms with van der Waals surface area (Å²) in [7, 11) is 0. The Morgan fingerprint density at radius 2 is 2.37 bits per heavy atom. The Bertz CT molecular complexity index is 619. The summed E-state index contributed by atoms with van der Waals surface area (Å²) in [6.07, 6.45) is 0. The number of H-pyrrole nitrogens is 1. The van der Waals surface area contributed by atoms with Gasteiger partial charge in [-0.2, -0.15) is 5.10 Å². The number of carbonyl (C=O) groups excluding carboxylic acids is 1. The summed E-state index contributed by atoms with van der Waals surface area (Å²) >= 11 is 7.59. The number of nitrogens with zero attached hydrogens (tertiary/aromatic N) is 3. The molecule has 1 N–H and O–H groups in total. The predicted molar refractivity (Wildman–Crippen MR) is 72.3 cm³/mol. The van der Waals surface area contributed by atoms with Gasteiger partial charge in [-0.1, -0.05) is 16.8 Å². The number of anilines is 1. The van der Waals surface area contributed by atoms with Gasteiger partial charge >= 0.3 is 0 Å². The molecule has 2 aromatic rings. The van der Waals surface area contributed by atoms with Gasteiger partial charge in [-0.25, -0.2) is 0 Å². The lowest BCUT2D eigenvalue weighted by Crippen LogP contribution is -2.28. The molecular weight excluding hydrogens is 288 g/mol. The number of amides is 1. The van der Waals surface area contributed by atoms with Gasteiger partial charge in [0.2, 0.25) is 5.91 Å². The molecule has 2 aromatic heterocycles. The smallest absolute Gasteiger partial charge is 0.239 e. The third kappa shape index (κ3) is 2.02. The standard InChI is InChI=1S/C11H11ClN4O2S/c1-5-3-7(15-18-5)16-8(17)4-19-11(16)9-6(2)13-14-10(9)12/h3,11H,4H2,1-2H3,(H,13,14). The fraction of sp³-hybridized carbons (Fsp3) is 0.364. The van der Waals surface area contributed by atoms with Crippen molar-refractivity contribution in [3.63, 3.8) is 0 Å². The number of thioether (sulfide) groups is 1. The SMILES string of the molecule is Cc1cc(N2C(=O)CSC2c2c(Cl)n[nH]c2C)no1. The fourth-order valence-corrected chi connectivity index (χ4v) is 3.67. The van der Waals surface area contributed by atoms with Crippen LogP contribution in [0.3, 0.4) is 0 Å². The second kappa shape index (κ2) is 4.57. The highest BCUT2D eigenvalue weighted by molar-refractivity contribution is 8.00. The summed E-state index contributed by atoms with van der Waals surface area (Å²) in [6.45, 7) is 3.67. The number of hydrogen-bond acceptors (Lipinski definition) is 5. The van der Waals surface area contributed by atoms with Gasteiger partial charge in [0.1, 0.15) is 11.1 Å². The first kappa shape index (κ1) is 12.6. The lowest BCUT2D eigenvalue weighted by atomic mass is 10.2. The Morgan fingerprint density at radius 3 is 2.95 bits per heavy atom. The molecule has 1 unspecified atom stereocenters. The topological polar surface area (TPSA) is 75.0 Å². The fourth-order valence-electron chi connectivity index (χ4n) is 2.05. The Kier molecular flexibility index (Phi) is 3.02. The van der Waals surface area contributed by atoms with Gasteiger partial charge in [-0.05, 0) is 13.8 Å². The zero-order valence-electron chi connectivity index (χ0n) is 10.3. The number of nitrogens with one attached hydrogen (secondary N) is 1. The van der Waals surface area contributed by atoms with E-state index in [9.17, 15) is 4.79 Å². The van der Waals surface area contributed by atoms with Gasteiger partial charge in [0.05, 0.1) is 5.75 Å². The van der Waals surface area contributed by atoms with Crippen molar-refractivity contribution in [2.45, 2.75) is 19.2 Å². The van der Waals surface area contributed by atoms with Crippen LogP contribution >= 0.6 is 23.4 Å². The first-order chi connectivity index (χ1) is 9.08. The molecule has 8 heteroatoms. The molecule has 1 amide bonds. The van der Waals surface area contributed by atoms with Crippen LogP contribution in [0.15, 0.2) is 10.6 Å². The molecule has 0 bridgehead atoms. The van der Waals surface area contributed by atoms with E-state index >= 15 is 0 Å². The molecule has 1 aliphatic rings. The van der Waals surface area contributed by atoms with Gasteiger partial charge in [-0.3, -0.25) is 14.8 Å². The Labute approximate surface area is 118 Å². The molecule has 0 radical (unpaired) electrons. The molecule has 6 nitrogen and oxygen atoms in total. The van der Waals surface area contributed by atoms with E-state index in [2.05, 4.69) is 15.4 Å². The van der Waals surface area contributed by atoms with Crippen molar-refractivity contribution >= 4 is 35.1 Å². The summed E-state index contributed by atoms with van der Waals surface area (Å²) in [6, 6.07) is 1.74. The van der Waals surface area contributed by atoms with Crippen molar-refractivity contribution in [3.05, 3.63) is 28.2 Å². The zero-order valence-corrected chi connectivity index (χ0v) is 11.9. The highest BCUT2D eigenvalue weighted by Crippen LogP contribution is 2.44. The van der Waals surface area contributed by atoms with E-state index in [0.29, 0.717) is 22.5 Å². The first-order valence-electron chi connectivity index (χ1n) is 5.65. The van der Waals surface area contributed by atoms with E-state index in [4.69, 9.17) is 16.1 Å². The van der Waals surface area contributed by atoms with Crippen molar-refractivity contribution in [2.24, 2.45) is 0 Å². The third-order valence-electron chi connectivity index (χ3n) is 2.93. The van der Waals surface area contributed by atoms with Crippen molar-refractivity contribution in [1.29, 1.82) is 0 Å². The number of carbonyl (C=O) groups is 1. The van der Waals surface area contributed by atoms with Crippen LogP contribution in [0.2, 0.25) is 5.15 Å². The van der Waals surface area contributed by atoms with Gasteiger partial charge in [0.15, 0.2) is 11.0 Å². The monoisotopic (exact) mass is 298 g/mol. The Hall–Kier alpha value is -1.47. The minimum atomic E-state index is -0.219. The van der Waals surface area contributed by atoms with Crippen LogP contribution in [0.4, 0.5) is 5.82 Å². The second-order valence-electron chi connectivity index (χ2n) is 4.28. The number of aryl methyl sites for hydroxylation is 2. The number of aromatic amines is 1. The maximum Gasteiger partial charge on any atom is 0.239 e. The van der Waals surface area contributed by atoms with Crippen molar-refractivity contribution in [3.8, 4) is 0 Å². The minimum Gasteiger partial charge on any atom is -0.360 e. The summed E-state index contributed by atoms with van der Waals surface area (Å²) < 4.78 is 5.04. The number of aromatic nitrogens is 3. The number of rotatable bonds is 2. The van der Waals surface area contributed by atoms with Crippen molar-refractivity contribution < 1.29 is 9.32 Å². The number of halogens is 1. The lowest BCUT2D eigenvalue weighted by Gasteiger charge is -2.20. The highest BCUT2D eigenvalue weighted by atomic mass is 35.5. The molecule has 1 aliphatic heterocycles. The average Bonchev–Trinajstić information content (AvgIpc) is 3.01. The molecule has 1 saturated heterocycles. The first-order valence-corrected chi connectivity index (χ1v) is 7.08. The summed E-state index contributed by atoms with van der Waals surface area (Å²) in [5, 5.41) is 10.9. The van der Waals surface area contributed by atoms with Crippen LogP contribution in [-0.2, 0) is 4.79 Å². The normalized spacial score (nSPS) is 19.4. The molecule has 0 spiro atoms. The van der Waals surface area contributed by atoms with Gasteiger partial charge in [0.25, 0.3) is 0 Å². The van der Waals surface area contributed by atoms with E-state index in [1.165, 1.54) is 11.8 Å². The largest absolute Gasteiger partial charge is 0.360 e. The zero-order chi connectivity index (χ0) is 13.6. The molecule has 0 saturated carbocycles. The maximum absolute atomic E-state index is 12.1. The average molecular weight is 299 g/mol. The van der Waals surface area contributed by atoms with Crippen LogP contribution in [0.1, 0.15) is 22.4 Å². The van der Waals surface area contributed by atoms with Crippen LogP contribution in [0, 0.1) is 13.8 Å². The van der Waals surface area contributed by atoms with E-state index < -0.39 is 0 Å². The van der Waals surface area contributed by atoms with E-state index in [0.717, 1.165) is 11.3 Å². The minimum absolute atomic E-state index is 0.0139. The third-order valence-corrected chi connectivity index (χ3v) is 4.39. The molecule has 100 valence electrons. The maximum atomic E-state index is 12.1. The molecule has 0 aromatic carbocycles. The van der Waals surface area contributed by atoms with Crippen molar-refractivity contribution in [2.75, 3.05) is 10.7 Å². The molecule has 19 heavy (non-hydrogen) atoms. The van der Waals surface area contributed by atoms with E-state index in [1.807, 2.05) is 6.92 Å². The van der Waals surface area contributed by atoms with Gasteiger partial charge in [-0.15, -0.1) is 11.8 Å². The quantitative estimate of drug-likeness (QED) is 0.921.